The molecule has 19 heavy (non-hydrogen) atoms. The highest BCUT2D eigenvalue weighted by Crippen LogP contribution is 2.31. The molecule has 1 heterocycles. The number of rotatable bonds is 3. The molecule has 100 valence electrons. The van der Waals surface area contributed by atoms with Crippen molar-refractivity contribution in [2.24, 2.45) is 0 Å². The van der Waals surface area contributed by atoms with E-state index in [1.807, 2.05) is 13.0 Å². The van der Waals surface area contributed by atoms with E-state index in [0.29, 0.717) is 17.6 Å². The predicted octanol–water partition coefficient (Wildman–Crippen LogP) is 2.87. The lowest BCUT2D eigenvalue weighted by Crippen LogP contribution is -2.02. The lowest BCUT2D eigenvalue weighted by molar-refractivity contribution is 0.454. The molecule has 0 atom stereocenters. The van der Waals surface area contributed by atoms with Crippen LogP contribution >= 0.6 is 0 Å². The Balaban J connectivity index is 2.39. The summed E-state index contributed by atoms with van der Waals surface area (Å²) in [6.45, 7) is 6.24. The Hall–Kier alpha value is -2.30. The van der Waals surface area contributed by atoms with Gasteiger partial charge in [-0.05, 0) is 30.0 Å². The van der Waals surface area contributed by atoms with Crippen molar-refractivity contribution in [1.82, 2.24) is 9.97 Å². The number of anilines is 2. The average Bonchev–Trinajstić information content (AvgIpc) is 2.26. The molecule has 1 aromatic heterocycles. The summed E-state index contributed by atoms with van der Waals surface area (Å²) in [5, 5.41) is 0. The number of hydrogen-bond acceptors (Lipinski definition) is 5. The van der Waals surface area contributed by atoms with E-state index in [0.717, 1.165) is 16.9 Å². The molecule has 0 aliphatic heterocycles. The molecule has 0 fully saturated rings. The first-order valence-electron chi connectivity index (χ1n) is 6.14. The van der Waals surface area contributed by atoms with Crippen LogP contribution in [0.2, 0.25) is 0 Å². The van der Waals surface area contributed by atoms with Crippen molar-refractivity contribution in [3.05, 3.63) is 35.4 Å². The summed E-state index contributed by atoms with van der Waals surface area (Å²) < 4.78 is 5.80. The molecule has 0 aliphatic rings. The molecule has 0 bridgehead atoms. The van der Waals surface area contributed by atoms with Crippen molar-refractivity contribution in [2.75, 3.05) is 11.5 Å². The number of ether oxygens (including phenoxy) is 1. The molecule has 2 aromatic rings. The molecule has 0 aliphatic carbocycles. The summed E-state index contributed by atoms with van der Waals surface area (Å²) >= 11 is 0. The van der Waals surface area contributed by atoms with Crippen molar-refractivity contribution in [3.63, 3.8) is 0 Å². The van der Waals surface area contributed by atoms with Gasteiger partial charge >= 0.3 is 0 Å². The first-order valence-corrected chi connectivity index (χ1v) is 6.14. The minimum Gasteiger partial charge on any atom is -0.438 e. The van der Waals surface area contributed by atoms with E-state index in [1.54, 1.807) is 6.07 Å². The van der Waals surface area contributed by atoms with Crippen LogP contribution in [0.15, 0.2) is 24.3 Å². The third-order valence-electron chi connectivity index (χ3n) is 2.75. The van der Waals surface area contributed by atoms with Crippen LogP contribution in [0.25, 0.3) is 0 Å². The number of hydrogen-bond donors (Lipinski definition) is 2. The van der Waals surface area contributed by atoms with E-state index in [2.05, 4.69) is 35.9 Å². The zero-order valence-electron chi connectivity index (χ0n) is 11.3. The van der Waals surface area contributed by atoms with Gasteiger partial charge in [-0.2, -0.15) is 9.97 Å². The molecule has 1 aromatic carbocycles. The van der Waals surface area contributed by atoms with Crippen LogP contribution in [-0.4, -0.2) is 9.97 Å². The van der Waals surface area contributed by atoms with E-state index in [9.17, 15) is 0 Å². The van der Waals surface area contributed by atoms with Crippen LogP contribution in [0.4, 0.5) is 11.8 Å². The van der Waals surface area contributed by atoms with Gasteiger partial charge < -0.3 is 16.2 Å². The Morgan fingerprint density at radius 1 is 1.11 bits per heavy atom. The molecule has 0 spiro atoms. The van der Waals surface area contributed by atoms with Gasteiger partial charge in [-0.25, -0.2) is 0 Å². The second kappa shape index (κ2) is 5.14. The molecule has 0 saturated carbocycles. The second-order valence-electron chi connectivity index (χ2n) is 4.79. The number of benzene rings is 1. The normalized spacial score (nSPS) is 10.7. The minimum atomic E-state index is 0.105. The summed E-state index contributed by atoms with van der Waals surface area (Å²) in [6, 6.07) is 7.65. The number of nitrogen functional groups attached to an aromatic ring is 2. The summed E-state index contributed by atoms with van der Waals surface area (Å²) in [5.74, 6) is 1.88. The van der Waals surface area contributed by atoms with Crippen LogP contribution < -0.4 is 16.2 Å². The van der Waals surface area contributed by atoms with Crippen molar-refractivity contribution in [2.45, 2.75) is 26.7 Å². The number of nitrogens with two attached hydrogens (primary N) is 2. The Bertz CT molecular complexity index is 576. The maximum Gasteiger partial charge on any atom is 0.226 e. The van der Waals surface area contributed by atoms with Gasteiger partial charge in [0.05, 0.1) is 0 Å². The molecular weight excluding hydrogens is 240 g/mol. The molecule has 5 heteroatoms. The highest BCUT2D eigenvalue weighted by Gasteiger charge is 2.10. The van der Waals surface area contributed by atoms with Gasteiger partial charge in [0, 0.05) is 6.07 Å². The van der Waals surface area contributed by atoms with Gasteiger partial charge in [0.15, 0.2) is 0 Å². The molecular formula is C14H18N4O. The smallest absolute Gasteiger partial charge is 0.226 e. The number of aromatic nitrogens is 2. The lowest BCUT2D eigenvalue weighted by atomic mass is 10.0. The van der Waals surface area contributed by atoms with Gasteiger partial charge in [0.1, 0.15) is 11.6 Å². The van der Waals surface area contributed by atoms with Crippen molar-refractivity contribution >= 4 is 11.8 Å². The Morgan fingerprint density at radius 2 is 1.84 bits per heavy atom. The van der Waals surface area contributed by atoms with Crippen LogP contribution in [-0.2, 0) is 0 Å². The summed E-state index contributed by atoms with van der Waals surface area (Å²) in [7, 11) is 0. The fourth-order valence-electron chi connectivity index (χ4n) is 1.83. The van der Waals surface area contributed by atoms with Crippen molar-refractivity contribution < 1.29 is 4.74 Å². The van der Waals surface area contributed by atoms with Crippen molar-refractivity contribution in [3.8, 4) is 11.6 Å². The largest absolute Gasteiger partial charge is 0.438 e. The molecule has 5 nitrogen and oxygen atoms in total. The van der Waals surface area contributed by atoms with Gasteiger partial charge in [0.2, 0.25) is 11.8 Å². The van der Waals surface area contributed by atoms with Gasteiger partial charge in [-0.15, -0.1) is 0 Å². The molecule has 2 rings (SSSR count). The standard InChI is InChI=1S/C14H18N4O/c1-8(2)10-5-4-9(3)6-11(10)19-13-7-12(15)17-14(16)18-13/h4-8H,1-3H3,(H4,15,16,17,18). The van der Waals surface area contributed by atoms with Crippen LogP contribution in [0.5, 0.6) is 11.6 Å². The Morgan fingerprint density at radius 3 is 2.47 bits per heavy atom. The third kappa shape index (κ3) is 3.13. The Labute approximate surface area is 112 Å². The topological polar surface area (TPSA) is 87.0 Å². The highest BCUT2D eigenvalue weighted by atomic mass is 16.5. The van der Waals surface area contributed by atoms with Crippen molar-refractivity contribution in [1.29, 1.82) is 0 Å². The van der Waals surface area contributed by atoms with Gasteiger partial charge in [-0.1, -0.05) is 26.0 Å². The van der Waals surface area contributed by atoms with E-state index in [4.69, 9.17) is 16.2 Å². The van der Waals surface area contributed by atoms with Crippen LogP contribution in [0.1, 0.15) is 30.9 Å². The highest BCUT2D eigenvalue weighted by molar-refractivity contribution is 5.44. The maximum atomic E-state index is 5.80. The maximum absolute atomic E-state index is 5.80. The number of nitrogens with zero attached hydrogens (tertiary/aromatic N) is 2. The van der Waals surface area contributed by atoms with Gasteiger partial charge in [0.25, 0.3) is 0 Å². The quantitative estimate of drug-likeness (QED) is 0.883. The average molecular weight is 258 g/mol. The molecule has 0 radical (unpaired) electrons. The zero-order valence-corrected chi connectivity index (χ0v) is 11.3. The first kappa shape index (κ1) is 13.1. The zero-order chi connectivity index (χ0) is 14.0. The van der Waals surface area contributed by atoms with Crippen LogP contribution in [0.3, 0.4) is 0 Å². The third-order valence-corrected chi connectivity index (χ3v) is 2.75. The van der Waals surface area contributed by atoms with Gasteiger partial charge in [-0.3, -0.25) is 0 Å². The predicted molar refractivity (Wildman–Crippen MR) is 76.2 cm³/mol. The van der Waals surface area contributed by atoms with E-state index < -0.39 is 0 Å². The van der Waals surface area contributed by atoms with E-state index in [-0.39, 0.29) is 5.95 Å². The summed E-state index contributed by atoms with van der Waals surface area (Å²) in [5.41, 5.74) is 13.4. The fraction of sp³-hybridized carbons (Fsp3) is 0.286. The van der Waals surface area contributed by atoms with E-state index >= 15 is 0 Å². The second-order valence-corrected chi connectivity index (χ2v) is 4.79. The number of aryl methyl sites for hydroxylation is 1. The fourth-order valence-corrected chi connectivity index (χ4v) is 1.83. The molecule has 0 saturated heterocycles. The summed E-state index contributed by atoms with van der Waals surface area (Å²) in [6.07, 6.45) is 0. The SMILES string of the molecule is Cc1ccc(C(C)C)c(Oc2cc(N)nc(N)n2)c1. The van der Waals surface area contributed by atoms with E-state index in [1.165, 1.54) is 0 Å². The first-order chi connectivity index (χ1) is 8.95. The molecule has 0 amide bonds. The molecule has 4 N–H and O–H groups in total. The Kier molecular flexibility index (Phi) is 3.55. The lowest BCUT2D eigenvalue weighted by Gasteiger charge is -2.14. The molecule has 0 unspecified atom stereocenters. The monoisotopic (exact) mass is 258 g/mol. The summed E-state index contributed by atoms with van der Waals surface area (Å²) in [4.78, 5) is 7.84. The van der Waals surface area contributed by atoms with Crippen LogP contribution in [0, 0.1) is 6.92 Å². The minimum absolute atomic E-state index is 0.105.